The molecule has 5 N–H and O–H groups in total. The van der Waals surface area contributed by atoms with Crippen LogP contribution in [0.25, 0.3) is 11.3 Å². The molecule has 0 saturated carbocycles. The summed E-state index contributed by atoms with van der Waals surface area (Å²) < 4.78 is 13.1. The SMILES string of the molecule is Nc1ccc(-c2[nH]ccc2N)cc1F. The van der Waals surface area contributed by atoms with Gasteiger partial charge in [0.2, 0.25) is 0 Å². The molecule has 0 radical (unpaired) electrons. The number of anilines is 2. The number of nitrogen functional groups attached to an aromatic ring is 2. The van der Waals surface area contributed by atoms with Crippen LogP contribution in [0, 0.1) is 5.82 Å². The molecular weight excluding hydrogens is 181 g/mol. The first-order valence-corrected chi connectivity index (χ1v) is 4.17. The summed E-state index contributed by atoms with van der Waals surface area (Å²) in [5, 5.41) is 0. The van der Waals surface area contributed by atoms with Crippen LogP contribution in [-0.2, 0) is 0 Å². The molecule has 2 rings (SSSR count). The van der Waals surface area contributed by atoms with Crippen molar-refractivity contribution >= 4 is 11.4 Å². The van der Waals surface area contributed by atoms with Crippen molar-refractivity contribution in [2.45, 2.75) is 0 Å². The first-order valence-electron chi connectivity index (χ1n) is 4.17. The third kappa shape index (κ3) is 1.31. The molecule has 0 fully saturated rings. The second kappa shape index (κ2) is 3.06. The Hall–Kier alpha value is -1.97. The van der Waals surface area contributed by atoms with Gasteiger partial charge < -0.3 is 16.5 Å². The standard InChI is InChI=1S/C10H10FN3/c11-7-5-6(1-2-8(7)12)10-9(13)3-4-14-10/h1-5,14H,12-13H2. The number of hydrogen-bond donors (Lipinski definition) is 3. The zero-order valence-corrected chi connectivity index (χ0v) is 7.42. The van der Waals surface area contributed by atoms with Gasteiger partial charge in [0.05, 0.1) is 17.1 Å². The van der Waals surface area contributed by atoms with Crippen LogP contribution in [0.5, 0.6) is 0 Å². The zero-order chi connectivity index (χ0) is 10.1. The summed E-state index contributed by atoms with van der Waals surface area (Å²) in [6.07, 6.45) is 1.71. The second-order valence-corrected chi connectivity index (χ2v) is 3.04. The van der Waals surface area contributed by atoms with Crippen LogP contribution in [0.4, 0.5) is 15.8 Å². The van der Waals surface area contributed by atoms with Crippen LogP contribution in [0.15, 0.2) is 30.5 Å². The number of H-pyrrole nitrogens is 1. The van der Waals surface area contributed by atoms with E-state index in [4.69, 9.17) is 11.5 Å². The van der Waals surface area contributed by atoms with Crippen molar-refractivity contribution in [2.75, 3.05) is 11.5 Å². The van der Waals surface area contributed by atoms with Crippen molar-refractivity contribution in [3.8, 4) is 11.3 Å². The number of hydrogen-bond acceptors (Lipinski definition) is 2. The predicted octanol–water partition coefficient (Wildman–Crippen LogP) is 1.99. The molecule has 4 heteroatoms. The molecule has 72 valence electrons. The van der Waals surface area contributed by atoms with Crippen molar-refractivity contribution in [3.05, 3.63) is 36.3 Å². The number of aromatic nitrogens is 1. The molecule has 0 aliphatic rings. The molecule has 3 nitrogen and oxygen atoms in total. The molecule has 0 aliphatic heterocycles. The molecule has 14 heavy (non-hydrogen) atoms. The van der Waals surface area contributed by atoms with Gasteiger partial charge in [-0.25, -0.2) is 4.39 Å². The maximum Gasteiger partial charge on any atom is 0.146 e. The lowest BCUT2D eigenvalue weighted by molar-refractivity contribution is 0.633. The summed E-state index contributed by atoms with van der Waals surface area (Å²) in [4.78, 5) is 2.94. The molecule has 0 bridgehead atoms. The highest BCUT2D eigenvalue weighted by atomic mass is 19.1. The van der Waals surface area contributed by atoms with E-state index < -0.39 is 5.82 Å². The summed E-state index contributed by atoms with van der Waals surface area (Å²) in [6, 6.07) is 6.33. The average Bonchev–Trinajstić information content (AvgIpc) is 2.57. The summed E-state index contributed by atoms with van der Waals surface area (Å²) >= 11 is 0. The van der Waals surface area contributed by atoms with Gasteiger partial charge in [-0.15, -0.1) is 0 Å². The Morgan fingerprint density at radius 3 is 2.43 bits per heavy atom. The van der Waals surface area contributed by atoms with Crippen molar-refractivity contribution in [3.63, 3.8) is 0 Å². The van der Waals surface area contributed by atoms with Crippen molar-refractivity contribution in [1.29, 1.82) is 0 Å². The highest BCUT2D eigenvalue weighted by Gasteiger charge is 2.05. The van der Waals surface area contributed by atoms with Crippen LogP contribution < -0.4 is 11.5 Å². The summed E-state index contributed by atoms with van der Waals surface area (Å²) in [6.45, 7) is 0. The van der Waals surface area contributed by atoms with Gasteiger partial charge in [-0.05, 0) is 18.2 Å². The third-order valence-corrected chi connectivity index (χ3v) is 2.07. The lowest BCUT2D eigenvalue weighted by Gasteiger charge is -2.02. The van der Waals surface area contributed by atoms with Crippen molar-refractivity contribution in [1.82, 2.24) is 4.98 Å². The molecule has 1 heterocycles. The van der Waals surface area contributed by atoms with Crippen molar-refractivity contribution in [2.24, 2.45) is 0 Å². The number of nitrogens with two attached hydrogens (primary N) is 2. The number of nitrogens with one attached hydrogen (secondary N) is 1. The minimum absolute atomic E-state index is 0.138. The average molecular weight is 191 g/mol. The predicted molar refractivity (Wildman–Crippen MR) is 55.0 cm³/mol. The molecule has 1 aromatic carbocycles. The van der Waals surface area contributed by atoms with Gasteiger partial charge in [0.25, 0.3) is 0 Å². The van der Waals surface area contributed by atoms with Gasteiger partial charge in [-0.2, -0.15) is 0 Å². The molecule has 0 spiro atoms. The highest BCUT2D eigenvalue weighted by molar-refractivity contribution is 5.73. The molecule has 0 saturated heterocycles. The lowest BCUT2D eigenvalue weighted by atomic mass is 10.1. The van der Waals surface area contributed by atoms with Crippen LogP contribution >= 0.6 is 0 Å². The van der Waals surface area contributed by atoms with E-state index in [1.807, 2.05) is 0 Å². The fourth-order valence-electron chi connectivity index (χ4n) is 1.31. The topological polar surface area (TPSA) is 67.8 Å². The Balaban J connectivity index is 2.53. The highest BCUT2D eigenvalue weighted by Crippen LogP contribution is 2.26. The number of rotatable bonds is 1. The normalized spacial score (nSPS) is 10.4. The Bertz CT molecular complexity index is 462. The maximum absolute atomic E-state index is 13.1. The Kier molecular flexibility index (Phi) is 1.89. The Morgan fingerprint density at radius 2 is 1.86 bits per heavy atom. The van der Waals surface area contributed by atoms with Gasteiger partial charge in [-0.3, -0.25) is 0 Å². The fraction of sp³-hybridized carbons (Fsp3) is 0. The zero-order valence-electron chi connectivity index (χ0n) is 7.42. The Morgan fingerprint density at radius 1 is 1.07 bits per heavy atom. The van der Waals surface area contributed by atoms with E-state index in [-0.39, 0.29) is 5.69 Å². The van der Waals surface area contributed by atoms with E-state index in [1.54, 1.807) is 18.3 Å². The van der Waals surface area contributed by atoms with E-state index >= 15 is 0 Å². The maximum atomic E-state index is 13.1. The molecule has 0 atom stereocenters. The van der Waals surface area contributed by atoms with E-state index in [9.17, 15) is 4.39 Å². The van der Waals surface area contributed by atoms with Gasteiger partial charge in [0.1, 0.15) is 5.82 Å². The minimum Gasteiger partial charge on any atom is -0.397 e. The molecule has 1 aromatic heterocycles. The third-order valence-electron chi connectivity index (χ3n) is 2.07. The molecule has 0 amide bonds. The van der Waals surface area contributed by atoms with E-state index in [0.29, 0.717) is 16.9 Å². The van der Waals surface area contributed by atoms with Gasteiger partial charge in [0, 0.05) is 11.8 Å². The Labute approximate surface area is 80.5 Å². The van der Waals surface area contributed by atoms with E-state index in [2.05, 4.69) is 4.98 Å². The van der Waals surface area contributed by atoms with Gasteiger partial charge in [0.15, 0.2) is 0 Å². The molecule has 0 unspecified atom stereocenters. The van der Waals surface area contributed by atoms with Crippen molar-refractivity contribution < 1.29 is 4.39 Å². The van der Waals surface area contributed by atoms with Crippen LogP contribution in [0.2, 0.25) is 0 Å². The molecular formula is C10H10FN3. The van der Waals surface area contributed by atoms with Crippen LogP contribution in [0.3, 0.4) is 0 Å². The monoisotopic (exact) mass is 191 g/mol. The first kappa shape index (κ1) is 8.62. The summed E-state index contributed by atoms with van der Waals surface area (Å²) in [7, 11) is 0. The summed E-state index contributed by atoms with van der Waals surface area (Å²) in [5.41, 5.74) is 13.2. The minimum atomic E-state index is -0.434. The lowest BCUT2D eigenvalue weighted by Crippen LogP contribution is -1.92. The number of halogens is 1. The first-order chi connectivity index (χ1) is 6.68. The van der Waals surface area contributed by atoms with E-state index in [0.717, 1.165) is 0 Å². The summed E-state index contributed by atoms with van der Waals surface area (Å²) in [5.74, 6) is -0.434. The quantitative estimate of drug-likeness (QED) is 0.603. The van der Waals surface area contributed by atoms with E-state index in [1.165, 1.54) is 12.1 Å². The second-order valence-electron chi connectivity index (χ2n) is 3.04. The van der Waals surface area contributed by atoms with Crippen LogP contribution in [0.1, 0.15) is 0 Å². The van der Waals surface area contributed by atoms with Gasteiger partial charge >= 0.3 is 0 Å². The molecule has 0 aliphatic carbocycles. The largest absolute Gasteiger partial charge is 0.397 e. The fourth-order valence-corrected chi connectivity index (χ4v) is 1.31. The number of benzene rings is 1. The number of aromatic amines is 1. The van der Waals surface area contributed by atoms with Gasteiger partial charge in [-0.1, -0.05) is 6.07 Å². The molecule has 2 aromatic rings. The van der Waals surface area contributed by atoms with Crippen LogP contribution in [-0.4, -0.2) is 4.98 Å². The smallest absolute Gasteiger partial charge is 0.146 e.